The van der Waals surface area contributed by atoms with Crippen LogP contribution in [0.1, 0.15) is 52.5 Å². The molecule has 2 aromatic carbocycles. The molecule has 0 spiro atoms. The van der Waals surface area contributed by atoms with Crippen molar-refractivity contribution in [3.8, 4) is 22.8 Å². The number of carbonyl (C=O) groups is 2. The maximum atomic E-state index is 15.3. The summed E-state index contributed by atoms with van der Waals surface area (Å²) < 4.78 is 40.7. The summed E-state index contributed by atoms with van der Waals surface area (Å²) in [7, 11) is 1.40. The Kier molecular flexibility index (Phi) is 8.63. The average molecular weight is 693 g/mol. The minimum absolute atomic E-state index is 0.0335. The first-order valence-corrected chi connectivity index (χ1v) is 15.5. The van der Waals surface area contributed by atoms with E-state index in [0.717, 1.165) is 25.0 Å². The lowest BCUT2D eigenvalue weighted by atomic mass is 9.81. The van der Waals surface area contributed by atoms with Gasteiger partial charge in [0.1, 0.15) is 46.5 Å². The van der Waals surface area contributed by atoms with Gasteiger partial charge in [0, 0.05) is 52.4 Å². The van der Waals surface area contributed by atoms with Gasteiger partial charge in [0.05, 0.1) is 36.1 Å². The number of fused-ring (bicyclic) bond motifs is 1. The zero-order valence-corrected chi connectivity index (χ0v) is 27.0. The number of methoxy groups -OCH3 is 1. The van der Waals surface area contributed by atoms with Gasteiger partial charge in [0.15, 0.2) is 0 Å². The molecule has 1 aliphatic carbocycles. The number of pyridine rings is 2. The Balaban J connectivity index is 1.48. The molecule has 6 rings (SSSR count). The molecule has 15 heteroatoms. The number of amides is 2. The SMILES string of the molecule is COc1cc(C(=O)NC[C@@](O)(c2ccc(=O)[nH]c2)c2cc3c(c(-c4cc(Cl)c(F)cc4F)n2)OC[C@]3(C)C(N)=O)cc(C=NC2CC2)c1N. The number of aliphatic imine (C=N–C) groups is 1. The number of aromatic amines is 1. The van der Waals surface area contributed by atoms with Crippen LogP contribution in [0.2, 0.25) is 5.02 Å². The van der Waals surface area contributed by atoms with Crippen LogP contribution in [-0.2, 0) is 15.8 Å². The van der Waals surface area contributed by atoms with Crippen LogP contribution < -0.4 is 31.8 Å². The predicted molar refractivity (Wildman–Crippen MR) is 177 cm³/mol. The van der Waals surface area contributed by atoms with Crippen molar-refractivity contribution in [3.05, 3.63) is 104 Å². The first-order valence-electron chi connectivity index (χ1n) is 15.1. The number of rotatable bonds is 10. The minimum Gasteiger partial charge on any atom is -0.495 e. The highest BCUT2D eigenvalue weighted by Crippen LogP contribution is 2.47. The van der Waals surface area contributed by atoms with Crippen molar-refractivity contribution in [3.63, 3.8) is 0 Å². The molecule has 49 heavy (non-hydrogen) atoms. The number of carbonyl (C=O) groups excluding carboxylic acids is 2. The van der Waals surface area contributed by atoms with Gasteiger partial charge >= 0.3 is 0 Å². The molecule has 0 radical (unpaired) electrons. The Morgan fingerprint density at radius 3 is 2.65 bits per heavy atom. The lowest BCUT2D eigenvalue weighted by Gasteiger charge is -2.30. The van der Waals surface area contributed by atoms with Crippen molar-refractivity contribution in [1.82, 2.24) is 15.3 Å². The Hall–Kier alpha value is -5.34. The van der Waals surface area contributed by atoms with E-state index >= 15 is 4.39 Å². The molecule has 12 nitrogen and oxygen atoms in total. The molecular weight excluding hydrogens is 662 g/mol. The fourth-order valence-corrected chi connectivity index (χ4v) is 5.63. The van der Waals surface area contributed by atoms with E-state index in [2.05, 4.69) is 20.3 Å². The number of halogens is 3. The molecule has 0 saturated heterocycles. The fourth-order valence-electron chi connectivity index (χ4n) is 5.47. The molecule has 0 unspecified atom stereocenters. The number of nitrogen functional groups attached to an aromatic ring is 1. The summed E-state index contributed by atoms with van der Waals surface area (Å²) in [4.78, 5) is 49.9. The molecule has 2 atom stereocenters. The number of anilines is 1. The van der Waals surface area contributed by atoms with E-state index in [0.29, 0.717) is 11.6 Å². The molecule has 0 bridgehead atoms. The first-order chi connectivity index (χ1) is 23.2. The van der Waals surface area contributed by atoms with Gasteiger partial charge in [-0.1, -0.05) is 11.6 Å². The van der Waals surface area contributed by atoms with Crippen molar-refractivity contribution in [2.45, 2.75) is 36.8 Å². The highest BCUT2D eigenvalue weighted by molar-refractivity contribution is 6.31. The van der Waals surface area contributed by atoms with Crippen LogP contribution in [0.4, 0.5) is 14.5 Å². The lowest BCUT2D eigenvalue weighted by molar-refractivity contribution is -0.123. The smallest absolute Gasteiger partial charge is 0.251 e. The third-order valence-corrected chi connectivity index (χ3v) is 8.99. The molecule has 2 aromatic heterocycles. The van der Waals surface area contributed by atoms with E-state index in [1.54, 1.807) is 6.21 Å². The van der Waals surface area contributed by atoms with Gasteiger partial charge in [0.2, 0.25) is 11.5 Å². The highest BCUT2D eigenvalue weighted by atomic mass is 35.5. The minimum atomic E-state index is -2.24. The first kappa shape index (κ1) is 33.6. The molecule has 2 amide bonds. The quantitative estimate of drug-likeness (QED) is 0.0948. The third-order valence-electron chi connectivity index (χ3n) is 8.70. The highest BCUT2D eigenvalue weighted by Gasteiger charge is 2.46. The number of nitrogens with one attached hydrogen (secondary N) is 2. The van der Waals surface area contributed by atoms with Crippen molar-refractivity contribution in [2.24, 2.45) is 10.7 Å². The summed E-state index contributed by atoms with van der Waals surface area (Å²) in [6.45, 7) is 0.704. The summed E-state index contributed by atoms with van der Waals surface area (Å²) >= 11 is 6.02. The maximum absolute atomic E-state index is 15.3. The third kappa shape index (κ3) is 6.20. The lowest BCUT2D eigenvalue weighted by Crippen LogP contribution is -2.43. The van der Waals surface area contributed by atoms with Crippen LogP contribution in [-0.4, -0.2) is 59.4 Å². The van der Waals surface area contributed by atoms with E-state index < -0.39 is 51.6 Å². The summed E-state index contributed by atoms with van der Waals surface area (Å²) in [5.74, 6) is -3.31. The fraction of sp³-hybridized carbons (Fsp3) is 0.265. The number of hydrogen-bond acceptors (Lipinski definition) is 9. The van der Waals surface area contributed by atoms with Crippen LogP contribution in [0.5, 0.6) is 11.5 Å². The number of ether oxygens (including phenoxy) is 2. The monoisotopic (exact) mass is 692 g/mol. The topological polar surface area (TPSA) is 195 Å². The van der Waals surface area contributed by atoms with Gasteiger partial charge in [-0.25, -0.2) is 13.8 Å². The summed E-state index contributed by atoms with van der Waals surface area (Å²) in [5.41, 5.74) is 8.22. The van der Waals surface area contributed by atoms with Gasteiger partial charge in [-0.15, -0.1) is 0 Å². The Bertz CT molecular complexity index is 2080. The normalized spacial score (nSPS) is 18.1. The number of aliphatic hydroxyl groups is 1. The summed E-state index contributed by atoms with van der Waals surface area (Å²) in [6.07, 6.45) is 4.72. The number of benzene rings is 2. The number of primary amides is 1. The molecule has 1 fully saturated rings. The summed E-state index contributed by atoms with van der Waals surface area (Å²) in [6, 6.07) is 8.55. The van der Waals surface area contributed by atoms with E-state index in [1.165, 1.54) is 44.5 Å². The van der Waals surface area contributed by atoms with Gasteiger partial charge in [-0.2, -0.15) is 0 Å². The van der Waals surface area contributed by atoms with Crippen LogP contribution in [0.25, 0.3) is 11.3 Å². The van der Waals surface area contributed by atoms with Crippen LogP contribution >= 0.6 is 11.6 Å². The van der Waals surface area contributed by atoms with Crippen LogP contribution in [0.15, 0.2) is 58.4 Å². The zero-order valence-electron chi connectivity index (χ0n) is 26.3. The number of nitrogens with zero attached hydrogens (tertiary/aromatic N) is 2. The Labute approximate surface area is 283 Å². The molecule has 2 aliphatic rings. The number of nitrogens with two attached hydrogens (primary N) is 2. The molecule has 1 aliphatic heterocycles. The second kappa shape index (κ2) is 12.6. The molecule has 1 saturated carbocycles. The van der Waals surface area contributed by atoms with Crippen molar-refractivity contribution in [2.75, 3.05) is 26.0 Å². The second-order valence-corrected chi connectivity index (χ2v) is 12.5. The Morgan fingerprint density at radius 2 is 2.00 bits per heavy atom. The molecule has 4 aromatic rings. The number of H-pyrrole nitrogens is 1. The van der Waals surface area contributed by atoms with Gasteiger partial charge < -0.3 is 36.3 Å². The van der Waals surface area contributed by atoms with Gasteiger partial charge in [-0.05, 0) is 50.1 Å². The van der Waals surface area contributed by atoms with Crippen molar-refractivity contribution in [1.29, 1.82) is 0 Å². The summed E-state index contributed by atoms with van der Waals surface area (Å²) in [5, 5.41) is 14.7. The van der Waals surface area contributed by atoms with E-state index in [1.807, 2.05) is 0 Å². The van der Waals surface area contributed by atoms with E-state index in [4.69, 9.17) is 32.5 Å². The second-order valence-electron chi connectivity index (χ2n) is 12.1. The van der Waals surface area contributed by atoms with Gasteiger partial charge in [-0.3, -0.25) is 19.4 Å². The largest absolute Gasteiger partial charge is 0.495 e. The van der Waals surface area contributed by atoms with E-state index in [9.17, 15) is 23.9 Å². The van der Waals surface area contributed by atoms with E-state index in [-0.39, 0.29) is 63.5 Å². The maximum Gasteiger partial charge on any atom is 0.251 e. The van der Waals surface area contributed by atoms with Gasteiger partial charge in [0.25, 0.3) is 5.91 Å². The Morgan fingerprint density at radius 1 is 1.24 bits per heavy atom. The van der Waals surface area contributed by atoms with Crippen molar-refractivity contribution >= 4 is 35.3 Å². The molecule has 3 heterocycles. The molecular formula is C34H31ClF2N6O6. The van der Waals surface area contributed by atoms with Crippen LogP contribution in [0.3, 0.4) is 0 Å². The standard InChI is InChI=1S/C34H31ClF2N6O6/c1-33(32(39)46)15-49-30-21(33)10-26(43-29(30)20-9-22(35)24(37)11-23(20)36)34(47,18-3-6-27(44)41-13-18)14-42-31(45)16-7-17(12-40-19-4-5-19)28(38)25(8-16)48-2/h3,6-13,19,47H,4-5,14-15,38H2,1-2H3,(H2,39,46)(H,41,44)(H,42,45)/t33-,34+/m0/s1. The average Bonchev–Trinajstić information content (AvgIpc) is 3.85. The molecule has 254 valence electrons. The zero-order chi connectivity index (χ0) is 35.2. The number of hydrogen-bond donors (Lipinski definition) is 5. The number of aromatic nitrogens is 2. The van der Waals surface area contributed by atoms with Crippen LogP contribution in [0, 0.1) is 11.6 Å². The predicted octanol–water partition coefficient (Wildman–Crippen LogP) is 3.34. The molecule has 7 N–H and O–H groups in total. The van der Waals surface area contributed by atoms with Crippen molar-refractivity contribution < 1.29 is 33.0 Å².